The minimum atomic E-state index is -0.657. The quantitative estimate of drug-likeness (QED) is 0.871. The Morgan fingerprint density at radius 3 is 2.81 bits per heavy atom. The summed E-state index contributed by atoms with van der Waals surface area (Å²) in [5, 5.41) is 13.0. The molecule has 0 aromatic heterocycles. The highest BCUT2D eigenvalue weighted by Crippen LogP contribution is 2.24. The third kappa shape index (κ3) is 3.82. The van der Waals surface area contributed by atoms with E-state index in [2.05, 4.69) is 16.3 Å². The van der Waals surface area contributed by atoms with E-state index in [-0.39, 0.29) is 0 Å². The number of rotatable bonds is 6. The molecule has 1 aliphatic rings. The van der Waals surface area contributed by atoms with Crippen molar-refractivity contribution in [3.05, 3.63) is 35.9 Å². The minimum absolute atomic E-state index is 0.299. The van der Waals surface area contributed by atoms with Gasteiger partial charge in [-0.25, -0.2) is 0 Å². The molecule has 0 spiro atoms. The third-order valence-electron chi connectivity index (χ3n) is 4.21. The van der Waals surface area contributed by atoms with Gasteiger partial charge in [0.2, 0.25) is 0 Å². The van der Waals surface area contributed by atoms with E-state index in [0.29, 0.717) is 12.6 Å². The molecule has 1 saturated heterocycles. The van der Waals surface area contributed by atoms with Crippen LogP contribution >= 0.6 is 0 Å². The molecule has 4 nitrogen and oxygen atoms in total. The first-order valence-corrected chi connectivity index (χ1v) is 7.73. The van der Waals surface area contributed by atoms with E-state index in [1.165, 1.54) is 0 Å². The summed E-state index contributed by atoms with van der Waals surface area (Å²) in [6.45, 7) is 5.42. The van der Waals surface area contributed by atoms with Gasteiger partial charge in [-0.1, -0.05) is 30.3 Å². The number of nitrogens with zero attached hydrogens (tertiary/aromatic N) is 2. The van der Waals surface area contributed by atoms with Crippen LogP contribution < -0.4 is 5.32 Å². The number of likely N-dealkylation sites (tertiary alicyclic amines) is 1. The van der Waals surface area contributed by atoms with E-state index in [1.807, 2.05) is 44.3 Å². The van der Waals surface area contributed by atoms with Crippen LogP contribution in [-0.4, -0.2) is 44.3 Å². The Labute approximate surface area is 127 Å². The van der Waals surface area contributed by atoms with Gasteiger partial charge in [0.15, 0.2) is 0 Å². The van der Waals surface area contributed by atoms with Crippen LogP contribution in [0.4, 0.5) is 0 Å². The molecular weight excluding hydrogens is 262 g/mol. The van der Waals surface area contributed by atoms with E-state index in [0.717, 1.165) is 38.1 Å². The van der Waals surface area contributed by atoms with Crippen molar-refractivity contribution in [2.45, 2.75) is 31.4 Å². The maximum Gasteiger partial charge on any atom is 0.144 e. The van der Waals surface area contributed by atoms with Crippen molar-refractivity contribution < 1.29 is 4.74 Å². The van der Waals surface area contributed by atoms with Gasteiger partial charge in [-0.05, 0) is 38.9 Å². The van der Waals surface area contributed by atoms with Gasteiger partial charge in [0.05, 0.1) is 12.2 Å². The predicted octanol–water partition coefficient (Wildman–Crippen LogP) is 2.13. The fourth-order valence-corrected chi connectivity index (χ4v) is 3.06. The molecule has 4 heteroatoms. The monoisotopic (exact) mass is 287 g/mol. The van der Waals surface area contributed by atoms with Gasteiger partial charge in [0, 0.05) is 19.7 Å². The maximum atomic E-state index is 9.76. The maximum absolute atomic E-state index is 9.76. The van der Waals surface area contributed by atoms with Crippen LogP contribution in [0.1, 0.15) is 25.3 Å². The highest BCUT2D eigenvalue weighted by Gasteiger charge is 2.34. The standard InChI is InChI=1S/C17H25N3O/c1-3-21-16-10-7-11-20(12-16)14-17(13-18,19-2)15-8-5-4-6-9-15/h4-6,8-9,16,19H,3,7,10-12,14H2,1-2H3. The number of piperidine rings is 1. The Bertz CT molecular complexity index is 469. The summed E-state index contributed by atoms with van der Waals surface area (Å²) in [4.78, 5) is 2.34. The lowest BCUT2D eigenvalue weighted by Gasteiger charge is -2.38. The molecule has 0 saturated carbocycles. The molecule has 1 aromatic carbocycles. The largest absolute Gasteiger partial charge is 0.377 e. The van der Waals surface area contributed by atoms with Crippen molar-refractivity contribution in [2.24, 2.45) is 0 Å². The molecule has 0 radical (unpaired) electrons. The third-order valence-corrected chi connectivity index (χ3v) is 4.21. The highest BCUT2D eigenvalue weighted by atomic mass is 16.5. The fourth-order valence-electron chi connectivity index (χ4n) is 3.06. The number of ether oxygens (including phenoxy) is 1. The van der Waals surface area contributed by atoms with Crippen LogP contribution in [0.2, 0.25) is 0 Å². The van der Waals surface area contributed by atoms with E-state index >= 15 is 0 Å². The predicted molar refractivity (Wildman–Crippen MR) is 83.9 cm³/mol. The Kier molecular flexibility index (Phi) is 5.75. The summed E-state index contributed by atoms with van der Waals surface area (Å²) in [6, 6.07) is 12.5. The minimum Gasteiger partial charge on any atom is -0.377 e. The summed E-state index contributed by atoms with van der Waals surface area (Å²) in [6.07, 6.45) is 2.55. The van der Waals surface area contributed by atoms with Crippen molar-refractivity contribution >= 4 is 0 Å². The normalized spacial score (nSPS) is 22.4. The first-order chi connectivity index (χ1) is 10.2. The SMILES string of the molecule is CCOC1CCCN(CC(C#N)(NC)c2ccccc2)C1. The second kappa shape index (κ2) is 7.56. The molecule has 0 amide bonds. The Morgan fingerprint density at radius 1 is 1.43 bits per heavy atom. The molecular formula is C17H25N3O. The zero-order valence-electron chi connectivity index (χ0n) is 13.0. The van der Waals surface area contributed by atoms with Gasteiger partial charge in [-0.15, -0.1) is 0 Å². The molecule has 114 valence electrons. The Balaban J connectivity index is 2.11. The van der Waals surface area contributed by atoms with Crippen LogP contribution in [0, 0.1) is 11.3 Å². The number of benzene rings is 1. The Hall–Kier alpha value is -1.41. The summed E-state index contributed by atoms with van der Waals surface area (Å²) >= 11 is 0. The zero-order chi connectivity index (χ0) is 15.1. The highest BCUT2D eigenvalue weighted by molar-refractivity contribution is 5.32. The first-order valence-electron chi connectivity index (χ1n) is 7.73. The van der Waals surface area contributed by atoms with Crippen LogP contribution in [0.15, 0.2) is 30.3 Å². The Morgan fingerprint density at radius 2 is 2.19 bits per heavy atom. The fraction of sp³-hybridized carbons (Fsp3) is 0.588. The van der Waals surface area contributed by atoms with E-state index < -0.39 is 5.54 Å². The first kappa shape index (κ1) is 16.0. The van der Waals surface area contributed by atoms with Crippen molar-refractivity contribution in [1.82, 2.24) is 10.2 Å². The van der Waals surface area contributed by atoms with Gasteiger partial charge >= 0.3 is 0 Å². The van der Waals surface area contributed by atoms with E-state index in [9.17, 15) is 5.26 Å². The number of nitriles is 1. The zero-order valence-corrected chi connectivity index (χ0v) is 13.0. The van der Waals surface area contributed by atoms with Gasteiger partial charge in [-0.2, -0.15) is 5.26 Å². The van der Waals surface area contributed by atoms with Gasteiger partial charge in [-0.3, -0.25) is 10.2 Å². The summed E-state index contributed by atoms with van der Waals surface area (Å²) < 4.78 is 5.76. The van der Waals surface area contributed by atoms with Crippen molar-refractivity contribution in [1.29, 1.82) is 5.26 Å². The molecule has 2 rings (SSSR count). The molecule has 0 bridgehead atoms. The number of likely N-dealkylation sites (N-methyl/N-ethyl adjacent to an activating group) is 1. The molecule has 0 aliphatic carbocycles. The van der Waals surface area contributed by atoms with Crippen molar-refractivity contribution in [3.8, 4) is 6.07 Å². The number of hydrogen-bond donors (Lipinski definition) is 1. The van der Waals surface area contributed by atoms with E-state index in [1.54, 1.807) is 0 Å². The smallest absolute Gasteiger partial charge is 0.144 e. The van der Waals surface area contributed by atoms with E-state index in [4.69, 9.17) is 4.74 Å². The number of hydrogen-bond acceptors (Lipinski definition) is 4. The summed E-state index contributed by atoms with van der Waals surface area (Å²) in [5.41, 5.74) is 0.364. The molecule has 1 N–H and O–H groups in total. The lowest BCUT2D eigenvalue weighted by Crippen LogP contribution is -2.52. The lowest BCUT2D eigenvalue weighted by molar-refractivity contribution is 0.000861. The molecule has 21 heavy (non-hydrogen) atoms. The molecule has 1 aromatic rings. The van der Waals surface area contributed by atoms with Crippen LogP contribution in [0.3, 0.4) is 0 Å². The topological polar surface area (TPSA) is 48.3 Å². The average Bonchev–Trinajstić information content (AvgIpc) is 2.54. The van der Waals surface area contributed by atoms with Crippen LogP contribution in [0.25, 0.3) is 0 Å². The lowest BCUT2D eigenvalue weighted by atomic mass is 9.90. The number of nitrogens with one attached hydrogen (secondary N) is 1. The van der Waals surface area contributed by atoms with Crippen LogP contribution in [0.5, 0.6) is 0 Å². The summed E-state index contributed by atoms with van der Waals surface area (Å²) in [7, 11) is 1.86. The van der Waals surface area contributed by atoms with Crippen molar-refractivity contribution in [2.75, 3.05) is 33.3 Å². The van der Waals surface area contributed by atoms with Gasteiger partial charge in [0.25, 0.3) is 0 Å². The molecule has 2 atom stereocenters. The van der Waals surface area contributed by atoms with Crippen molar-refractivity contribution in [3.63, 3.8) is 0 Å². The molecule has 1 aliphatic heterocycles. The summed E-state index contributed by atoms with van der Waals surface area (Å²) in [5.74, 6) is 0. The molecule has 1 heterocycles. The molecule has 2 unspecified atom stereocenters. The molecule has 1 fully saturated rings. The van der Waals surface area contributed by atoms with Gasteiger partial charge < -0.3 is 4.74 Å². The van der Waals surface area contributed by atoms with Gasteiger partial charge in [0.1, 0.15) is 5.54 Å². The average molecular weight is 287 g/mol. The van der Waals surface area contributed by atoms with Crippen LogP contribution in [-0.2, 0) is 10.3 Å². The second-order valence-corrected chi connectivity index (χ2v) is 5.59. The second-order valence-electron chi connectivity index (χ2n) is 5.59.